The molecule has 1 saturated heterocycles. The second-order valence-corrected chi connectivity index (χ2v) is 9.79. The summed E-state index contributed by atoms with van der Waals surface area (Å²) in [6, 6.07) is 5.13. The maximum Gasteiger partial charge on any atom is 0.230 e. The van der Waals surface area contributed by atoms with E-state index in [1.54, 1.807) is 0 Å². The molecule has 1 aromatic carbocycles. The smallest absolute Gasteiger partial charge is 0.230 e. The molecule has 1 aliphatic heterocycles. The van der Waals surface area contributed by atoms with Crippen molar-refractivity contribution in [3.63, 3.8) is 0 Å². The molecule has 1 aliphatic carbocycles. The number of benzene rings is 1. The third kappa shape index (κ3) is 6.25. The molecule has 0 bridgehead atoms. The first-order valence-electron chi connectivity index (χ1n) is 11.0. The molecule has 0 spiro atoms. The van der Waals surface area contributed by atoms with E-state index in [2.05, 4.69) is 36.9 Å². The number of rotatable bonds is 11. The number of hydrazine groups is 1. The van der Waals surface area contributed by atoms with Gasteiger partial charge in [-0.1, -0.05) is 39.7 Å². The van der Waals surface area contributed by atoms with Crippen molar-refractivity contribution in [1.82, 2.24) is 16.2 Å². The second-order valence-electron chi connectivity index (χ2n) is 9.79. The standard InChI is InChI=1S/C23H34FN3O3/c1-22(2,3)15-30-19-14-17(8-9-18(19)24)23(10-11-23)27-25-12-6-4-5-7-16-13-20(28)26-21(16)29/h8-9,14,16,25,27H,4-7,10-13,15H2,1-3H3,(H,26,28,29). The highest BCUT2D eigenvalue weighted by atomic mass is 19.1. The summed E-state index contributed by atoms with van der Waals surface area (Å²) < 4.78 is 19.8. The van der Waals surface area contributed by atoms with Crippen molar-refractivity contribution in [2.24, 2.45) is 11.3 Å². The van der Waals surface area contributed by atoms with Crippen LogP contribution in [0.3, 0.4) is 0 Å². The van der Waals surface area contributed by atoms with Gasteiger partial charge in [0.2, 0.25) is 11.8 Å². The van der Waals surface area contributed by atoms with Crippen LogP contribution in [0.25, 0.3) is 0 Å². The molecule has 2 aliphatic rings. The van der Waals surface area contributed by atoms with E-state index in [-0.39, 0.29) is 34.5 Å². The van der Waals surface area contributed by atoms with Gasteiger partial charge in [0.15, 0.2) is 11.6 Å². The Labute approximate surface area is 178 Å². The van der Waals surface area contributed by atoms with Crippen LogP contribution in [0.4, 0.5) is 4.39 Å². The van der Waals surface area contributed by atoms with Crippen molar-refractivity contribution in [2.75, 3.05) is 13.2 Å². The number of carbonyl (C=O) groups excluding carboxylic acids is 2. The van der Waals surface area contributed by atoms with Crippen LogP contribution in [-0.2, 0) is 15.1 Å². The Kier molecular flexibility index (Phi) is 7.14. The lowest BCUT2D eigenvalue weighted by Gasteiger charge is -2.22. The van der Waals surface area contributed by atoms with Crippen molar-refractivity contribution in [3.8, 4) is 5.75 Å². The fraction of sp³-hybridized carbons (Fsp3) is 0.652. The largest absolute Gasteiger partial charge is 0.490 e. The fourth-order valence-electron chi connectivity index (χ4n) is 3.67. The van der Waals surface area contributed by atoms with E-state index in [0.29, 0.717) is 18.8 Å². The number of hydrogen-bond donors (Lipinski definition) is 3. The quantitative estimate of drug-likeness (QED) is 0.290. The Hall–Kier alpha value is -1.99. The molecule has 1 aromatic rings. The number of imide groups is 1. The van der Waals surface area contributed by atoms with E-state index < -0.39 is 0 Å². The second kappa shape index (κ2) is 9.43. The van der Waals surface area contributed by atoms with Gasteiger partial charge in [-0.05, 0) is 48.8 Å². The first kappa shape index (κ1) is 22.7. The Bertz CT molecular complexity index is 771. The predicted molar refractivity (Wildman–Crippen MR) is 113 cm³/mol. The monoisotopic (exact) mass is 419 g/mol. The van der Waals surface area contributed by atoms with Crippen LogP contribution < -0.4 is 20.9 Å². The molecule has 1 atom stereocenters. The third-order valence-electron chi connectivity index (χ3n) is 5.64. The summed E-state index contributed by atoms with van der Waals surface area (Å²) in [6.07, 6.45) is 6.01. The molecule has 1 saturated carbocycles. The van der Waals surface area contributed by atoms with Crippen molar-refractivity contribution < 1.29 is 18.7 Å². The van der Waals surface area contributed by atoms with E-state index in [1.165, 1.54) is 6.07 Å². The molecule has 6 nitrogen and oxygen atoms in total. The summed E-state index contributed by atoms with van der Waals surface area (Å²) in [7, 11) is 0. The number of amides is 2. The molecule has 2 amide bonds. The average Bonchev–Trinajstić information content (AvgIpc) is 3.38. The molecular formula is C23H34FN3O3. The third-order valence-corrected chi connectivity index (χ3v) is 5.64. The van der Waals surface area contributed by atoms with Crippen LogP contribution in [0.1, 0.15) is 71.3 Å². The maximum absolute atomic E-state index is 14.1. The summed E-state index contributed by atoms with van der Waals surface area (Å²) in [5.74, 6) is -0.445. The zero-order valence-electron chi connectivity index (χ0n) is 18.3. The van der Waals surface area contributed by atoms with Gasteiger partial charge in [-0.2, -0.15) is 0 Å². The van der Waals surface area contributed by atoms with E-state index in [9.17, 15) is 14.0 Å². The average molecular weight is 420 g/mol. The van der Waals surface area contributed by atoms with Crippen LogP contribution in [0.2, 0.25) is 0 Å². The normalized spacial score (nSPS) is 20.3. The Morgan fingerprint density at radius 2 is 1.97 bits per heavy atom. The van der Waals surface area contributed by atoms with Crippen molar-refractivity contribution in [1.29, 1.82) is 0 Å². The lowest BCUT2D eigenvalue weighted by atomic mass is 9.98. The Morgan fingerprint density at radius 3 is 2.60 bits per heavy atom. The van der Waals surface area contributed by atoms with E-state index >= 15 is 0 Å². The van der Waals surface area contributed by atoms with Crippen molar-refractivity contribution in [2.45, 2.75) is 71.3 Å². The molecule has 0 aromatic heterocycles. The summed E-state index contributed by atoms with van der Waals surface area (Å²) in [5, 5.41) is 2.36. The number of unbranched alkanes of at least 4 members (excludes halogenated alkanes) is 2. The molecule has 30 heavy (non-hydrogen) atoms. The topological polar surface area (TPSA) is 79.5 Å². The van der Waals surface area contributed by atoms with Gasteiger partial charge in [0, 0.05) is 18.9 Å². The summed E-state index contributed by atoms with van der Waals surface area (Å²) in [5.41, 5.74) is 7.57. The molecule has 1 unspecified atom stereocenters. The van der Waals surface area contributed by atoms with Gasteiger partial charge in [-0.15, -0.1) is 0 Å². The minimum atomic E-state index is -0.329. The lowest BCUT2D eigenvalue weighted by Crippen LogP contribution is -2.41. The highest BCUT2D eigenvalue weighted by Gasteiger charge is 2.44. The molecule has 2 fully saturated rings. The zero-order valence-corrected chi connectivity index (χ0v) is 18.3. The first-order valence-corrected chi connectivity index (χ1v) is 11.0. The van der Waals surface area contributed by atoms with E-state index in [4.69, 9.17) is 4.74 Å². The van der Waals surface area contributed by atoms with Gasteiger partial charge < -0.3 is 4.74 Å². The van der Waals surface area contributed by atoms with Crippen molar-refractivity contribution in [3.05, 3.63) is 29.6 Å². The lowest BCUT2D eigenvalue weighted by molar-refractivity contribution is -0.125. The molecule has 1 heterocycles. The minimum Gasteiger partial charge on any atom is -0.490 e. The zero-order chi connectivity index (χ0) is 21.8. The predicted octanol–water partition coefficient (Wildman–Crippen LogP) is 3.56. The minimum absolute atomic E-state index is 0.0311. The first-order chi connectivity index (χ1) is 14.2. The van der Waals surface area contributed by atoms with Crippen molar-refractivity contribution >= 4 is 11.8 Å². The summed E-state index contributed by atoms with van der Waals surface area (Å²) >= 11 is 0. The molecule has 7 heteroatoms. The Balaban J connectivity index is 1.38. The van der Waals surface area contributed by atoms with Crippen LogP contribution in [0.5, 0.6) is 5.75 Å². The van der Waals surface area contributed by atoms with E-state index in [1.807, 2.05) is 12.1 Å². The highest BCUT2D eigenvalue weighted by Crippen LogP contribution is 2.46. The van der Waals surface area contributed by atoms with Gasteiger partial charge in [0.1, 0.15) is 0 Å². The molecule has 3 rings (SSSR count). The number of ether oxygens (including phenoxy) is 1. The molecule has 0 radical (unpaired) electrons. The number of halogens is 1. The molecule has 3 N–H and O–H groups in total. The van der Waals surface area contributed by atoms with Crippen LogP contribution >= 0.6 is 0 Å². The Morgan fingerprint density at radius 1 is 1.20 bits per heavy atom. The summed E-state index contributed by atoms with van der Waals surface area (Å²) in [6.45, 7) is 7.45. The number of nitrogens with one attached hydrogen (secondary N) is 3. The summed E-state index contributed by atoms with van der Waals surface area (Å²) in [4.78, 5) is 22.7. The van der Waals surface area contributed by atoms with Gasteiger partial charge in [0.25, 0.3) is 0 Å². The molecule has 166 valence electrons. The maximum atomic E-state index is 14.1. The van der Waals surface area contributed by atoms with Crippen LogP contribution in [-0.4, -0.2) is 25.0 Å². The van der Waals surface area contributed by atoms with Gasteiger partial charge in [-0.3, -0.25) is 20.3 Å². The number of carbonyl (C=O) groups is 2. The van der Waals surface area contributed by atoms with Crippen LogP contribution in [0, 0.1) is 17.2 Å². The highest BCUT2D eigenvalue weighted by molar-refractivity contribution is 6.03. The molecular weight excluding hydrogens is 385 g/mol. The SMILES string of the molecule is CC(C)(C)COc1cc(C2(NNCCCCCC3CC(=O)NC3=O)CC2)ccc1F. The van der Waals surface area contributed by atoms with E-state index in [0.717, 1.165) is 50.6 Å². The van der Waals surface area contributed by atoms with Crippen LogP contribution in [0.15, 0.2) is 18.2 Å². The fourth-order valence-corrected chi connectivity index (χ4v) is 3.67. The van der Waals surface area contributed by atoms with Gasteiger partial charge in [0.05, 0.1) is 12.1 Å². The van der Waals surface area contributed by atoms with Gasteiger partial charge in [-0.25, -0.2) is 9.82 Å². The van der Waals surface area contributed by atoms with Gasteiger partial charge >= 0.3 is 0 Å². The number of hydrogen-bond acceptors (Lipinski definition) is 5.